The Bertz CT molecular complexity index is 576. The minimum Gasteiger partial charge on any atom is -0.463 e. The molecule has 1 aromatic heterocycles. The lowest BCUT2D eigenvalue weighted by molar-refractivity contribution is 0.292. The second-order valence-electron chi connectivity index (χ2n) is 4.28. The maximum atomic E-state index is 5.49. The lowest BCUT2D eigenvalue weighted by Gasteiger charge is -2.09. The van der Waals surface area contributed by atoms with Gasteiger partial charge in [-0.1, -0.05) is 22.9 Å². The fraction of sp³-hybridized carbons (Fsp3) is 0.357. The third-order valence-corrected chi connectivity index (χ3v) is 3.01. The van der Waals surface area contributed by atoms with Crippen molar-refractivity contribution in [3.63, 3.8) is 0 Å². The van der Waals surface area contributed by atoms with E-state index in [0.717, 1.165) is 23.1 Å². The molecule has 0 aliphatic carbocycles. The van der Waals surface area contributed by atoms with Crippen LogP contribution in [0.15, 0.2) is 28.7 Å². The van der Waals surface area contributed by atoms with Gasteiger partial charge in [-0.15, -0.1) is 0 Å². The Morgan fingerprint density at radius 3 is 2.43 bits per heavy atom. The van der Waals surface area contributed by atoms with Crippen LogP contribution >= 0.6 is 15.9 Å². The van der Waals surface area contributed by atoms with Crippen molar-refractivity contribution in [1.82, 2.24) is 15.0 Å². The van der Waals surface area contributed by atoms with Gasteiger partial charge in [0.15, 0.2) is 0 Å². The number of anilines is 3. The molecule has 0 spiro atoms. The summed E-state index contributed by atoms with van der Waals surface area (Å²) in [5.41, 5.74) is 0.897. The Hall–Kier alpha value is -1.89. The van der Waals surface area contributed by atoms with E-state index in [0.29, 0.717) is 24.5 Å². The number of nitrogens with one attached hydrogen (secondary N) is 2. The zero-order valence-corrected chi connectivity index (χ0v) is 13.6. The Morgan fingerprint density at radius 2 is 1.76 bits per heavy atom. The largest absolute Gasteiger partial charge is 0.463 e. The number of aromatic nitrogens is 3. The number of ether oxygens (including phenoxy) is 1. The van der Waals surface area contributed by atoms with Gasteiger partial charge in [0.25, 0.3) is 0 Å². The van der Waals surface area contributed by atoms with Gasteiger partial charge in [0.1, 0.15) is 0 Å². The average Bonchev–Trinajstić information content (AvgIpc) is 2.48. The smallest absolute Gasteiger partial charge is 0.323 e. The topological polar surface area (TPSA) is 72.0 Å². The van der Waals surface area contributed by atoms with Crippen LogP contribution in [0.1, 0.15) is 20.3 Å². The van der Waals surface area contributed by atoms with Gasteiger partial charge < -0.3 is 15.4 Å². The SMILES string of the molecule is CCCOc1nc(NCC)nc(Nc2ccc(Br)cc2)n1. The van der Waals surface area contributed by atoms with Crippen molar-refractivity contribution in [2.24, 2.45) is 0 Å². The molecular weight excluding hydrogens is 334 g/mol. The zero-order chi connectivity index (χ0) is 15.1. The predicted molar refractivity (Wildman–Crippen MR) is 87.2 cm³/mol. The van der Waals surface area contributed by atoms with Crippen molar-refractivity contribution in [2.75, 3.05) is 23.8 Å². The normalized spacial score (nSPS) is 10.2. The molecule has 21 heavy (non-hydrogen) atoms. The quantitative estimate of drug-likeness (QED) is 0.793. The first kappa shape index (κ1) is 15.5. The molecule has 1 aromatic carbocycles. The van der Waals surface area contributed by atoms with Gasteiger partial charge in [0, 0.05) is 16.7 Å². The molecule has 0 saturated carbocycles. The summed E-state index contributed by atoms with van der Waals surface area (Å²) in [6.45, 7) is 5.33. The van der Waals surface area contributed by atoms with Crippen LogP contribution in [-0.4, -0.2) is 28.1 Å². The van der Waals surface area contributed by atoms with E-state index in [9.17, 15) is 0 Å². The molecule has 0 fully saturated rings. The van der Waals surface area contributed by atoms with Crippen LogP contribution < -0.4 is 15.4 Å². The standard InChI is InChI=1S/C14H18BrN5O/c1-3-9-21-14-19-12(16-4-2)18-13(20-14)17-11-7-5-10(15)6-8-11/h5-8H,3-4,9H2,1-2H3,(H2,16,17,18,19,20). The van der Waals surface area contributed by atoms with Crippen molar-refractivity contribution in [3.05, 3.63) is 28.7 Å². The van der Waals surface area contributed by atoms with E-state index < -0.39 is 0 Å². The van der Waals surface area contributed by atoms with Crippen molar-refractivity contribution in [2.45, 2.75) is 20.3 Å². The number of halogens is 1. The van der Waals surface area contributed by atoms with Crippen molar-refractivity contribution < 1.29 is 4.74 Å². The summed E-state index contributed by atoms with van der Waals surface area (Å²) in [5, 5.41) is 6.21. The first-order chi connectivity index (χ1) is 10.2. The summed E-state index contributed by atoms with van der Waals surface area (Å²) in [6, 6.07) is 8.09. The minimum absolute atomic E-state index is 0.322. The van der Waals surface area contributed by atoms with E-state index in [4.69, 9.17) is 4.74 Å². The third kappa shape index (κ3) is 4.86. The molecule has 0 aliphatic heterocycles. The molecule has 0 atom stereocenters. The van der Waals surface area contributed by atoms with E-state index in [1.807, 2.05) is 38.1 Å². The zero-order valence-electron chi connectivity index (χ0n) is 12.1. The van der Waals surface area contributed by atoms with E-state index in [1.54, 1.807) is 0 Å². The Kier molecular flexibility index (Phi) is 5.74. The highest BCUT2D eigenvalue weighted by Crippen LogP contribution is 2.19. The van der Waals surface area contributed by atoms with Gasteiger partial charge in [-0.05, 0) is 37.6 Å². The summed E-state index contributed by atoms with van der Waals surface area (Å²) >= 11 is 3.40. The van der Waals surface area contributed by atoms with E-state index >= 15 is 0 Å². The third-order valence-electron chi connectivity index (χ3n) is 2.49. The van der Waals surface area contributed by atoms with E-state index in [-0.39, 0.29) is 0 Å². The summed E-state index contributed by atoms with van der Waals surface area (Å²) < 4.78 is 6.51. The summed E-state index contributed by atoms with van der Waals surface area (Å²) in [6.07, 6.45) is 0.900. The van der Waals surface area contributed by atoms with E-state index in [1.165, 1.54) is 0 Å². The van der Waals surface area contributed by atoms with Crippen LogP contribution in [0.25, 0.3) is 0 Å². The lowest BCUT2D eigenvalue weighted by atomic mass is 10.3. The van der Waals surface area contributed by atoms with Gasteiger partial charge >= 0.3 is 6.01 Å². The van der Waals surface area contributed by atoms with Gasteiger partial charge in [0.05, 0.1) is 6.61 Å². The van der Waals surface area contributed by atoms with Crippen molar-refractivity contribution in [1.29, 1.82) is 0 Å². The summed E-state index contributed by atoms with van der Waals surface area (Å²) in [5.74, 6) is 0.951. The highest BCUT2D eigenvalue weighted by Gasteiger charge is 2.07. The lowest BCUT2D eigenvalue weighted by Crippen LogP contribution is -2.09. The predicted octanol–water partition coefficient (Wildman–Crippen LogP) is 3.60. The van der Waals surface area contributed by atoms with Crippen LogP contribution in [0.4, 0.5) is 17.6 Å². The monoisotopic (exact) mass is 351 g/mol. The molecule has 0 amide bonds. The maximum Gasteiger partial charge on any atom is 0.323 e. The number of nitrogens with zero attached hydrogens (tertiary/aromatic N) is 3. The van der Waals surface area contributed by atoms with E-state index in [2.05, 4.69) is 41.5 Å². The molecule has 6 nitrogen and oxygen atoms in total. The molecule has 2 N–H and O–H groups in total. The van der Waals surface area contributed by atoms with Gasteiger partial charge in [-0.2, -0.15) is 15.0 Å². The molecule has 2 aromatic rings. The van der Waals surface area contributed by atoms with Gasteiger partial charge in [0.2, 0.25) is 11.9 Å². The van der Waals surface area contributed by atoms with Gasteiger partial charge in [-0.3, -0.25) is 0 Å². The molecular formula is C14H18BrN5O. The fourth-order valence-electron chi connectivity index (χ4n) is 1.57. The van der Waals surface area contributed by atoms with Crippen molar-refractivity contribution >= 4 is 33.5 Å². The molecule has 1 heterocycles. The summed E-state index contributed by atoms with van der Waals surface area (Å²) in [4.78, 5) is 12.8. The van der Waals surface area contributed by atoms with Crippen LogP contribution in [0.3, 0.4) is 0 Å². The number of benzene rings is 1. The van der Waals surface area contributed by atoms with Crippen molar-refractivity contribution in [3.8, 4) is 6.01 Å². The van der Waals surface area contributed by atoms with Crippen LogP contribution in [0, 0.1) is 0 Å². The Balaban J connectivity index is 2.19. The molecule has 0 bridgehead atoms. The molecule has 7 heteroatoms. The minimum atomic E-state index is 0.322. The second-order valence-corrected chi connectivity index (χ2v) is 5.19. The maximum absolute atomic E-state index is 5.49. The second kappa shape index (κ2) is 7.78. The Morgan fingerprint density at radius 1 is 1.05 bits per heavy atom. The molecule has 2 rings (SSSR count). The molecule has 0 unspecified atom stereocenters. The molecule has 0 radical (unpaired) electrons. The highest BCUT2D eigenvalue weighted by molar-refractivity contribution is 9.10. The van der Waals surface area contributed by atoms with Crippen LogP contribution in [0.5, 0.6) is 6.01 Å². The molecule has 0 aliphatic rings. The first-order valence-electron chi connectivity index (χ1n) is 6.86. The first-order valence-corrected chi connectivity index (χ1v) is 7.66. The van der Waals surface area contributed by atoms with Gasteiger partial charge in [-0.25, -0.2) is 0 Å². The number of hydrogen-bond donors (Lipinski definition) is 2. The fourth-order valence-corrected chi connectivity index (χ4v) is 1.83. The van der Waals surface area contributed by atoms with Crippen LogP contribution in [-0.2, 0) is 0 Å². The molecule has 0 saturated heterocycles. The molecule has 112 valence electrons. The average molecular weight is 352 g/mol. The Labute approximate surface area is 132 Å². The summed E-state index contributed by atoms with van der Waals surface area (Å²) in [7, 11) is 0. The highest BCUT2D eigenvalue weighted by atomic mass is 79.9. The number of rotatable bonds is 7. The van der Waals surface area contributed by atoms with Crippen LogP contribution in [0.2, 0.25) is 0 Å². The number of hydrogen-bond acceptors (Lipinski definition) is 6.